The number of hydrogen-bond donors (Lipinski definition) is 19. The molecule has 31 nitrogen and oxygen atoms in total. The van der Waals surface area contributed by atoms with Gasteiger partial charge in [0.25, 0.3) is 35.4 Å². The average molecular weight is 2310 g/mol. The van der Waals surface area contributed by atoms with Gasteiger partial charge in [-0.3, -0.25) is 43.2 Å². The van der Waals surface area contributed by atoms with Gasteiger partial charge in [-0.15, -0.1) is 0 Å². The number of nitrogens with one attached hydrogen (secondary N) is 6. The van der Waals surface area contributed by atoms with Crippen LogP contribution in [0.4, 0.5) is 17.1 Å². The van der Waals surface area contributed by atoms with Crippen LogP contribution in [0.3, 0.4) is 0 Å². The third-order valence-electron chi connectivity index (χ3n) is 12.8. The fourth-order valence-corrected chi connectivity index (χ4v) is 22.3. The van der Waals surface area contributed by atoms with E-state index < -0.39 is 194 Å². The molecule has 0 aromatic heterocycles. The topological polar surface area (TPSA) is 499 Å². The largest absolute Gasteiger partial charge is 0.394 e. The van der Waals surface area contributed by atoms with Crippen molar-refractivity contribution in [2.45, 2.75) is 63.0 Å². The number of hydrogen-bond acceptors (Lipinski definition) is 22. The quantitative estimate of drug-likeness (QED) is 0.0288. The Bertz CT molecular complexity index is 2780. The van der Waals surface area contributed by atoms with Crippen LogP contribution in [0.5, 0.6) is 0 Å². The van der Waals surface area contributed by atoms with Crippen LogP contribution in [0.25, 0.3) is 0 Å². The zero-order chi connectivity index (χ0) is 70.1. The van der Waals surface area contributed by atoms with Crippen LogP contribution in [0.2, 0.25) is 0 Å². The molecule has 40 heteroatoms. The molecule has 19 N–H and O–H groups in total. The summed E-state index contributed by atoms with van der Waals surface area (Å²) in [4.78, 5) is 133. The summed E-state index contributed by atoms with van der Waals surface area (Å²) in [7, 11) is 0. The van der Waals surface area contributed by atoms with Gasteiger partial charge in [0.15, 0.2) is 0 Å². The fraction of sp³-hybridized carbons (Fsp3) is 0.481. The molecule has 92 heavy (non-hydrogen) atoms. The maximum atomic E-state index is 14.8. The van der Waals surface area contributed by atoms with E-state index in [1.807, 2.05) is 0 Å². The van der Waals surface area contributed by atoms with E-state index in [4.69, 9.17) is 0 Å². The Hall–Kier alpha value is -1.06. The highest BCUT2D eigenvalue weighted by Crippen LogP contribution is 2.43. The lowest BCUT2D eigenvalue weighted by Gasteiger charge is -2.42. The van der Waals surface area contributed by atoms with E-state index in [1.54, 1.807) is 203 Å². The van der Waals surface area contributed by atoms with E-state index in [0.717, 1.165) is 35.5 Å². The lowest BCUT2D eigenvalue weighted by atomic mass is 9.97. The Morgan fingerprint density at radius 2 is 0.457 bits per heavy atom. The summed E-state index contributed by atoms with van der Waals surface area (Å²) in [5.74, 6) is -8.75. The van der Waals surface area contributed by atoms with E-state index >= 15 is 0 Å². The van der Waals surface area contributed by atoms with Crippen LogP contribution in [0.1, 0.15) is 82.9 Å². The standard InChI is InChI=1S/C52H64I9N9O22/c1-19(77)68(43-37(56)28(46(86)62-4-22(80)10-71)34(53)29(38(43)57)47(87)63-5-23(81)11-72)16-52(92,17-69(20(2)78)44-39(58)30(48(88)64-6-24(82)12-73)35(54)31(40(44)59)49(89)65-7-25(83)13-74)18-70(21(3)79)45-41(60)32(50(90)66-8-26(84)14-75)36(55)33(42(45)61)51(91)67-9-27(85)15-76/h22-27,71-76,80-85,92H,4-18H2,1-3H3,(H,62,86)(H,63,87)(H,64,88)(H,65,89)(H,66,90)(H,67,91). The minimum atomic E-state index is -2.87. The molecule has 0 aliphatic heterocycles. The molecule has 0 saturated carbocycles. The summed E-state index contributed by atoms with van der Waals surface area (Å²) in [5, 5.41) is 148. The number of rotatable bonds is 33. The molecule has 0 aliphatic rings. The molecule has 3 rings (SSSR count). The zero-order valence-electron chi connectivity index (χ0n) is 48.3. The minimum absolute atomic E-state index is 0.0741. The monoisotopic (exact) mass is 2310 g/mol. The van der Waals surface area contributed by atoms with E-state index in [1.165, 1.54) is 0 Å². The van der Waals surface area contributed by atoms with Crippen molar-refractivity contribution in [2.24, 2.45) is 0 Å². The van der Waals surface area contributed by atoms with Crippen molar-refractivity contribution in [3.05, 3.63) is 65.5 Å². The predicted molar refractivity (Wildman–Crippen MR) is 405 cm³/mol. The van der Waals surface area contributed by atoms with Crippen molar-refractivity contribution in [1.29, 1.82) is 0 Å². The minimum Gasteiger partial charge on any atom is -0.394 e. The summed E-state index contributed by atoms with van der Waals surface area (Å²) in [6, 6.07) is 0. The smallest absolute Gasteiger partial charge is 0.253 e. The second kappa shape index (κ2) is 39.7. The second-order valence-corrected chi connectivity index (χ2v) is 29.6. The predicted octanol–water partition coefficient (Wildman–Crippen LogP) is -2.18. The van der Waals surface area contributed by atoms with Gasteiger partial charge in [-0.25, -0.2) is 0 Å². The summed E-state index contributed by atoms with van der Waals surface area (Å²) < 4.78 is -0.889. The molecule has 6 atom stereocenters. The molecule has 0 radical (unpaired) electrons. The van der Waals surface area contributed by atoms with Crippen molar-refractivity contribution in [2.75, 3.05) is 113 Å². The van der Waals surface area contributed by atoms with E-state index in [9.17, 15) is 110 Å². The molecule has 0 fully saturated rings. The van der Waals surface area contributed by atoms with E-state index in [2.05, 4.69) is 31.9 Å². The Kier molecular flexibility index (Phi) is 36.7. The van der Waals surface area contributed by atoms with Gasteiger partial charge >= 0.3 is 0 Å². The number of nitrogens with zero attached hydrogens (tertiary/aromatic N) is 3. The summed E-state index contributed by atoms with van der Waals surface area (Å²) in [5.41, 5.74) is -5.66. The van der Waals surface area contributed by atoms with Crippen LogP contribution in [-0.2, 0) is 14.4 Å². The van der Waals surface area contributed by atoms with Crippen molar-refractivity contribution in [3.8, 4) is 0 Å². The molecule has 3 aromatic carbocycles. The molecule has 512 valence electrons. The van der Waals surface area contributed by atoms with Crippen molar-refractivity contribution in [1.82, 2.24) is 31.9 Å². The number of aliphatic hydroxyl groups is 13. The molecule has 0 spiro atoms. The van der Waals surface area contributed by atoms with Gasteiger partial charge in [0.05, 0.1) is 168 Å². The van der Waals surface area contributed by atoms with Crippen LogP contribution in [0.15, 0.2) is 0 Å². The molecule has 0 aliphatic carbocycles. The number of carbonyl (C=O) groups excluding carboxylic acids is 9. The third kappa shape index (κ3) is 22.2. The highest BCUT2D eigenvalue weighted by Gasteiger charge is 2.44. The van der Waals surface area contributed by atoms with Gasteiger partial charge in [0.1, 0.15) is 5.60 Å². The number of carbonyl (C=O) groups is 9. The number of amides is 9. The van der Waals surface area contributed by atoms with Crippen LogP contribution in [0, 0.1) is 32.1 Å². The normalized spacial score (nSPS) is 13.9. The first-order valence-electron chi connectivity index (χ1n) is 26.6. The molecule has 0 bridgehead atoms. The molecule has 6 unspecified atom stereocenters. The van der Waals surface area contributed by atoms with Gasteiger partial charge in [-0.1, -0.05) is 0 Å². The lowest BCUT2D eigenvalue weighted by Crippen LogP contribution is -2.60. The van der Waals surface area contributed by atoms with Gasteiger partial charge in [0, 0.05) is 70.8 Å². The number of aliphatic hydroxyl groups excluding tert-OH is 12. The SMILES string of the molecule is CC(=O)N(CC(O)(CN(C(C)=O)c1c(I)c(C(=O)NCC(O)CO)c(I)c(C(=O)NCC(O)CO)c1I)CN(C(C)=O)c1c(I)c(C(=O)NCC(O)CO)c(I)c(C(=O)NCC(O)CO)c1I)c1c(I)c(C(=O)NCC(O)CO)c(I)c(C(=O)NCC(O)CO)c1I. The first-order chi connectivity index (χ1) is 43.0. The molecular formula is C52H64I9N9O22. The van der Waals surface area contributed by atoms with E-state index in [0.29, 0.717) is 0 Å². The van der Waals surface area contributed by atoms with Crippen LogP contribution < -0.4 is 46.6 Å². The fourth-order valence-electron chi connectivity index (χ4n) is 8.12. The van der Waals surface area contributed by atoms with Crippen LogP contribution >= 0.6 is 203 Å². The number of benzene rings is 3. The summed E-state index contributed by atoms with van der Waals surface area (Å²) >= 11 is 15.2. The summed E-state index contributed by atoms with van der Waals surface area (Å²) in [6.07, 6.45) is -8.92. The first kappa shape index (κ1) is 85.2. The molecule has 0 heterocycles. The highest BCUT2D eigenvalue weighted by atomic mass is 127. The van der Waals surface area contributed by atoms with Crippen LogP contribution in [-0.4, -0.2) is 260 Å². The lowest BCUT2D eigenvalue weighted by molar-refractivity contribution is -0.118. The highest BCUT2D eigenvalue weighted by molar-refractivity contribution is 14.1. The van der Waals surface area contributed by atoms with Gasteiger partial charge in [-0.05, 0) is 203 Å². The van der Waals surface area contributed by atoms with Gasteiger partial charge in [0.2, 0.25) is 17.7 Å². The Morgan fingerprint density at radius 3 is 0.576 bits per heavy atom. The van der Waals surface area contributed by atoms with Crippen molar-refractivity contribution in [3.63, 3.8) is 0 Å². The number of halogens is 9. The Labute approximate surface area is 648 Å². The van der Waals surface area contributed by atoms with Gasteiger partial charge in [-0.2, -0.15) is 0 Å². The zero-order valence-corrected chi connectivity index (χ0v) is 67.7. The average Bonchev–Trinajstić information content (AvgIpc) is 0.763. The summed E-state index contributed by atoms with van der Waals surface area (Å²) in [6.45, 7) is -8.26. The Morgan fingerprint density at radius 1 is 0.315 bits per heavy atom. The van der Waals surface area contributed by atoms with Crippen molar-refractivity contribution >= 4 is 274 Å². The van der Waals surface area contributed by atoms with Gasteiger partial charge < -0.3 is 113 Å². The molecular weight excluding hydrogens is 2240 g/mol. The maximum Gasteiger partial charge on any atom is 0.253 e. The van der Waals surface area contributed by atoms with Crippen molar-refractivity contribution < 1.29 is 110 Å². The van der Waals surface area contributed by atoms with E-state index in [-0.39, 0.29) is 82.6 Å². The maximum absolute atomic E-state index is 14.8. The first-order valence-corrected chi connectivity index (χ1v) is 36.3. The third-order valence-corrected chi connectivity index (χ3v) is 22.3. The molecule has 9 amide bonds. The second-order valence-electron chi connectivity index (χ2n) is 19.9. The molecule has 3 aromatic rings. The Balaban J connectivity index is 2.80. The number of anilines is 3. The molecule has 0 saturated heterocycles.